The van der Waals surface area contributed by atoms with Crippen LogP contribution in [0.1, 0.15) is 11.1 Å². The van der Waals surface area contributed by atoms with Gasteiger partial charge in [-0.1, -0.05) is 24.3 Å². The maximum atomic E-state index is 10.5. The van der Waals surface area contributed by atoms with Crippen LogP contribution in [0.15, 0.2) is 24.3 Å². The number of alkyl halides is 1. The zero-order valence-corrected chi connectivity index (χ0v) is 8.37. The molecular formula is C10H12ClNO2. The molecule has 1 aromatic carbocycles. The molecule has 14 heavy (non-hydrogen) atoms. The Bertz CT molecular complexity index is 310. The minimum absolute atomic E-state index is 0.345. The Morgan fingerprint density at radius 1 is 1.36 bits per heavy atom. The molecule has 0 saturated carbocycles. The van der Waals surface area contributed by atoms with Crippen LogP contribution in [0.5, 0.6) is 0 Å². The van der Waals surface area contributed by atoms with Crippen molar-refractivity contribution in [1.82, 2.24) is 0 Å². The maximum absolute atomic E-state index is 10.5. The Kier molecular flexibility index (Phi) is 3.92. The number of aliphatic carboxylic acids is 1. The van der Waals surface area contributed by atoms with Gasteiger partial charge >= 0.3 is 5.97 Å². The number of benzene rings is 1. The largest absolute Gasteiger partial charge is 0.480 e. The van der Waals surface area contributed by atoms with E-state index in [-0.39, 0.29) is 0 Å². The molecule has 0 aromatic heterocycles. The lowest BCUT2D eigenvalue weighted by Crippen LogP contribution is -2.32. The summed E-state index contributed by atoms with van der Waals surface area (Å²) in [6.45, 7) is 0. The standard InChI is InChI=1S/C10H12ClNO2/c11-6-8-3-1-7(2-4-8)5-9(12)10(13)14/h1-4,9H,5-6,12H2,(H,13,14)/t9-/m1/s1. The van der Waals surface area contributed by atoms with Gasteiger partial charge in [0.05, 0.1) is 0 Å². The molecule has 0 amide bonds. The van der Waals surface area contributed by atoms with Gasteiger partial charge in [-0.15, -0.1) is 11.6 Å². The molecule has 76 valence electrons. The van der Waals surface area contributed by atoms with E-state index in [4.69, 9.17) is 22.4 Å². The highest BCUT2D eigenvalue weighted by Crippen LogP contribution is 2.08. The SMILES string of the molecule is N[C@H](Cc1ccc(CCl)cc1)C(=O)O. The van der Waals surface area contributed by atoms with Gasteiger partial charge in [0.15, 0.2) is 0 Å². The molecule has 0 aliphatic carbocycles. The molecular weight excluding hydrogens is 202 g/mol. The Hall–Kier alpha value is -1.06. The monoisotopic (exact) mass is 213 g/mol. The molecule has 1 atom stereocenters. The zero-order chi connectivity index (χ0) is 10.6. The van der Waals surface area contributed by atoms with Crippen molar-refractivity contribution < 1.29 is 9.90 Å². The second-order valence-corrected chi connectivity index (χ2v) is 3.37. The molecule has 0 aliphatic rings. The summed E-state index contributed by atoms with van der Waals surface area (Å²) in [6.07, 6.45) is 0.345. The number of halogens is 1. The minimum atomic E-state index is -0.980. The van der Waals surface area contributed by atoms with Crippen LogP contribution in [0, 0.1) is 0 Å². The molecule has 3 N–H and O–H groups in total. The molecule has 1 rings (SSSR count). The number of hydrogen-bond acceptors (Lipinski definition) is 2. The van der Waals surface area contributed by atoms with Gasteiger partial charge in [0.25, 0.3) is 0 Å². The Labute approximate surface area is 87.5 Å². The van der Waals surface area contributed by atoms with E-state index < -0.39 is 12.0 Å². The number of hydrogen-bond donors (Lipinski definition) is 2. The van der Waals surface area contributed by atoms with Crippen molar-refractivity contribution in [2.75, 3.05) is 0 Å². The smallest absolute Gasteiger partial charge is 0.320 e. The number of carbonyl (C=O) groups is 1. The predicted molar refractivity (Wildman–Crippen MR) is 55.3 cm³/mol. The summed E-state index contributed by atoms with van der Waals surface area (Å²) in [7, 11) is 0. The lowest BCUT2D eigenvalue weighted by atomic mass is 10.1. The molecule has 0 spiro atoms. The highest BCUT2D eigenvalue weighted by atomic mass is 35.5. The summed E-state index contributed by atoms with van der Waals surface area (Å²) < 4.78 is 0. The number of carboxylic acid groups (broad SMARTS) is 1. The second kappa shape index (κ2) is 4.98. The van der Waals surface area contributed by atoms with Gasteiger partial charge in [0.1, 0.15) is 6.04 Å². The molecule has 0 heterocycles. The van der Waals surface area contributed by atoms with Crippen molar-refractivity contribution in [3.05, 3.63) is 35.4 Å². The van der Waals surface area contributed by atoms with Crippen LogP contribution in [0.2, 0.25) is 0 Å². The van der Waals surface area contributed by atoms with Gasteiger partial charge in [-0.05, 0) is 17.5 Å². The summed E-state index contributed by atoms with van der Waals surface area (Å²) in [5.74, 6) is -0.517. The summed E-state index contributed by atoms with van der Waals surface area (Å²) in [5.41, 5.74) is 7.32. The first-order valence-corrected chi connectivity index (χ1v) is 4.79. The van der Waals surface area contributed by atoms with Crippen molar-refractivity contribution in [1.29, 1.82) is 0 Å². The van der Waals surface area contributed by atoms with Crippen LogP contribution >= 0.6 is 11.6 Å². The molecule has 0 radical (unpaired) electrons. The van der Waals surface area contributed by atoms with Crippen LogP contribution in [0.25, 0.3) is 0 Å². The third-order valence-electron chi connectivity index (χ3n) is 1.95. The van der Waals surface area contributed by atoms with Crippen LogP contribution in [-0.4, -0.2) is 17.1 Å². The third kappa shape index (κ3) is 3.01. The Morgan fingerprint density at radius 2 is 1.86 bits per heavy atom. The topological polar surface area (TPSA) is 63.3 Å². The van der Waals surface area contributed by atoms with E-state index in [1.54, 1.807) is 0 Å². The van der Waals surface area contributed by atoms with E-state index in [9.17, 15) is 4.79 Å². The molecule has 4 heteroatoms. The first kappa shape index (κ1) is 11.0. The lowest BCUT2D eigenvalue weighted by Gasteiger charge is -2.06. The number of nitrogens with two attached hydrogens (primary N) is 1. The predicted octanol–water partition coefficient (Wildman–Crippen LogP) is 1.38. The van der Waals surface area contributed by atoms with Gasteiger partial charge in [-0.25, -0.2) is 0 Å². The number of carboxylic acids is 1. The third-order valence-corrected chi connectivity index (χ3v) is 2.26. The van der Waals surface area contributed by atoms with Crippen molar-refractivity contribution in [2.45, 2.75) is 18.3 Å². The average molecular weight is 214 g/mol. The van der Waals surface area contributed by atoms with Crippen molar-refractivity contribution in [2.24, 2.45) is 5.73 Å². The van der Waals surface area contributed by atoms with E-state index in [1.807, 2.05) is 24.3 Å². The molecule has 1 aromatic rings. The second-order valence-electron chi connectivity index (χ2n) is 3.10. The quantitative estimate of drug-likeness (QED) is 0.743. The molecule has 0 saturated heterocycles. The highest BCUT2D eigenvalue weighted by molar-refractivity contribution is 6.17. The summed E-state index contributed by atoms with van der Waals surface area (Å²) in [5, 5.41) is 8.60. The maximum Gasteiger partial charge on any atom is 0.320 e. The first-order chi connectivity index (χ1) is 6.63. The number of rotatable bonds is 4. The van der Waals surface area contributed by atoms with Crippen LogP contribution in [0.3, 0.4) is 0 Å². The van der Waals surface area contributed by atoms with Gasteiger partial charge in [-0.2, -0.15) is 0 Å². The van der Waals surface area contributed by atoms with E-state index >= 15 is 0 Å². The van der Waals surface area contributed by atoms with Crippen LogP contribution in [0.4, 0.5) is 0 Å². The Morgan fingerprint density at radius 3 is 2.29 bits per heavy atom. The van der Waals surface area contributed by atoms with E-state index in [0.29, 0.717) is 12.3 Å². The molecule has 0 bridgehead atoms. The van der Waals surface area contributed by atoms with Gasteiger partial charge < -0.3 is 10.8 Å². The summed E-state index contributed by atoms with van der Waals surface area (Å²) in [6, 6.07) is 6.60. The van der Waals surface area contributed by atoms with Gasteiger partial charge in [0, 0.05) is 5.88 Å². The van der Waals surface area contributed by atoms with Crippen LogP contribution in [-0.2, 0) is 17.1 Å². The molecule has 0 aliphatic heterocycles. The van der Waals surface area contributed by atoms with Crippen LogP contribution < -0.4 is 5.73 Å². The van der Waals surface area contributed by atoms with Crippen molar-refractivity contribution in [3.8, 4) is 0 Å². The van der Waals surface area contributed by atoms with Gasteiger partial charge in [0.2, 0.25) is 0 Å². The molecule has 3 nitrogen and oxygen atoms in total. The lowest BCUT2D eigenvalue weighted by molar-refractivity contribution is -0.138. The first-order valence-electron chi connectivity index (χ1n) is 4.25. The fourth-order valence-corrected chi connectivity index (χ4v) is 1.28. The van der Waals surface area contributed by atoms with E-state index in [2.05, 4.69) is 0 Å². The highest BCUT2D eigenvalue weighted by Gasteiger charge is 2.11. The summed E-state index contributed by atoms with van der Waals surface area (Å²) >= 11 is 5.62. The summed E-state index contributed by atoms with van der Waals surface area (Å²) in [4.78, 5) is 10.5. The average Bonchev–Trinajstić information content (AvgIpc) is 2.19. The molecule has 0 unspecified atom stereocenters. The minimum Gasteiger partial charge on any atom is -0.480 e. The Balaban J connectivity index is 2.64. The zero-order valence-electron chi connectivity index (χ0n) is 7.61. The van der Waals surface area contributed by atoms with Crippen molar-refractivity contribution in [3.63, 3.8) is 0 Å². The molecule has 0 fully saturated rings. The fourth-order valence-electron chi connectivity index (χ4n) is 1.11. The fraction of sp³-hybridized carbons (Fsp3) is 0.300. The normalized spacial score (nSPS) is 12.4. The van der Waals surface area contributed by atoms with Gasteiger partial charge in [-0.3, -0.25) is 4.79 Å². The van der Waals surface area contributed by atoms with E-state index in [0.717, 1.165) is 11.1 Å². The van der Waals surface area contributed by atoms with Crippen molar-refractivity contribution >= 4 is 17.6 Å². The van der Waals surface area contributed by atoms with E-state index in [1.165, 1.54) is 0 Å².